The summed E-state index contributed by atoms with van der Waals surface area (Å²) in [4.78, 5) is 19.0. The molecule has 6 nitrogen and oxygen atoms in total. The molecule has 1 saturated carbocycles. The monoisotopic (exact) mass is 481 g/mol. The lowest BCUT2D eigenvalue weighted by Gasteiger charge is -2.34. The number of piperidine rings is 1. The largest absolute Gasteiger partial charge is 0.466 e. The lowest BCUT2D eigenvalue weighted by molar-refractivity contribution is -0.149. The van der Waals surface area contributed by atoms with E-state index in [9.17, 15) is 4.79 Å². The van der Waals surface area contributed by atoms with Crippen molar-refractivity contribution >= 4 is 35.9 Å². The van der Waals surface area contributed by atoms with E-state index in [4.69, 9.17) is 14.5 Å². The fraction of sp³-hybridized carbons (Fsp3) is 0.895. The first kappa shape index (κ1) is 23.5. The Bertz CT molecular complexity index is 428. The molecule has 2 aliphatic rings. The molecule has 152 valence electrons. The van der Waals surface area contributed by atoms with Crippen molar-refractivity contribution in [1.29, 1.82) is 0 Å². The molecule has 7 heteroatoms. The zero-order valence-electron chi connectivity index (χ0n) is 16.4. The van der Waals surface area contributed by atoms with Gasteiger partial charge < -0.3 is 19.7 Å². The van der Waals surface area contributed by atoms with Gasteiger partial charge in [-0.15, -0.1) is 24.0 Å². The van der Waals surface area contributed by atoms with E-state index in [1.165, 1.54) is 25.7 Å². The van der Waals surface area contributed by atoms with Gasteiger partial charge in [0, 0.05) is 32.8 Å². The Hall–Kier alpha value is -0.570. The highest BCUT2D eigenvalue weighted by Crippen LogP contribution is 2.21. The van der Waals surface area contributed by atoms with Gasteiger partial charge in [-0.25, -0.2) is 0 Å². The van der Waals surface area contributed by atoms with Crippen molar-refractivity contribution in [2.45, 2.75) is 64.9 Å². The van der Waals surface area contributed by atoms with Crippen molar-refractivity contribution in [3.05, 3.63) is 0 Å². The topological polar surface area (TPSA) is 63.2 Å². The summed E-state index contributed by atoms with van der Waals surface area (Å²) in [6.45, 7) is 8.41. The van der Waals surface area contributed by atoms with Crippen LogP contribution in [-0.4, -0.2) is 62.3 Å². The number of halogens is 1. The molecule has 1 aliphatic heterocycles. The van der Waals surface area contributed by atoms with Crippen molar-refractivity contribution < 1.29 is 14.3 Å². The third-order valence-corrected chi connectivity index (χ3v) is 4.90. The Morgan fingerprint density at radius 1 is 1.19 bits per heavy atom. The third kappa shape index (κ3) is 7.98. The van der Waals surface area contributed by atoms with Gasteiger partial charge in [-0.05, 0) is 46.0 Å². The van der Waals surface area contributed by atoms with Crippen LogP contribution in [0.15, 0.2) is 4.99 Å². The fourth-order valence-corrected chi connectivity index (χ4v) is 3.60. The lowest BCUT2D eigenvalue weighted by Crippen LogP contribution is -2.48. The number of rotatable bonds is 8. The van der Waals surface area contributed by atoms with E-state index in [2.05, 4.69) is 17.1 Å². The number of aliphatic imine (C=N–C) groups is 1. The molecular weight excluding hydrogens is 445 g/mol. The molecule has 0 spiro atoms. The van der Waals surface area contributed by atoms with Crippen LogP contribution in [0.25, 0.3) is 0 Å². The summed E-state index contributed by atoms with van der Waals surface area (Å²) in [5, 5.41) is 3.36. The van der Waals surface area contributed by atoms with Crippen LogP contribution >= 0.6 is 24.0 Å². The summed E-state index contributed by atoms with van der Waals surface area (Å²) < 4.78 is 11.1. The van der Waals surface area contributed by atoms with Crippen molar-refractivity contribution in [3.63, 3.8) is 0 Å². The summed E-state index contributed by atoms with van der Waals surface area (Å²) >= 11 is 0. The van der Waals surface area contributed by atoms with Crippen LogP contribution in [0.3, 0.4) is 0 Å². The predicted octanol–water partition coefficient (Wildman–Crippen LogP) is 3.19. The molecule has 1 heterocycles. The van der Waals surface area contributed by atoms with Crippen LogP contribution in [0, 0.1) is 5.92 Å². The summed E-state index contributed by atoms with van der Waals surface area (Å²) in [6, 6.07) is 0. The first-order valence-corrected chi connectivity index (χ1v) is 10.1. The van der Waals surface area contributed by atoms with Gasteiger partial charge in [0.2, 0.25) is 0 Å². The third-order valence-electron chi connectivity index (χ3n) is 4.90. The fourth-order valence-electron chi connectivity index (χ4n) is 3.60. The van der Waals surface area contributed by atoms with Crippen LogP contribution in [0.5, 0.6) is 0 Å². The molecule has 1 unspecified atom stereocenters. The number of esters is 1. The zero-order chi connectivity index (χ0) is 17.9. The van der Waals surface area contributed by atoms with Gasteiger partial charge in [0.05, 0.1) is 18.6 Å². The molecule has 1 saturated heterocycles. The molecule has 0 aromatic carbocycles. The van der Waals surface area contributed by atoms with Gasteiger partial charge in [-0.2, -0.15) is 0 Å². The summed E-state index contributed by atoms with van der Waals surface area (Å²) in [7, 11) is 0. The van der Waals surface area contributed by atoms with E-state index < -0.39 is 0 Å². The maximum absolute atomic E-state index is 12.0. The quantitative estimate of drug-likeness (QED) is 0.190. The number of hydrogen-bond acceptors (Lipinski definition) is 4. The molecule has 0 radical (unpaired) electrons. The second-order valence-electron chi connectivity index (χ2n) is 6.90. The van der Waals surface area contributed by atoms with Crippen molar-refractivity contribution in [2.75, 3.05) is 39.4 Å². The number of carbonyl (C=O) groups is 1. The Balaban J connectivity index is 0.00000338. The Morgan fingerprint density at radius 3 is 2.65 bits per heavy atom. The minimum absolute atomic E-state index is 0. The number of guanidine groups is 1. The SMILES string of the molecule is CCNC(=NCCCOC1CCCC1)N1CCCC(C(=O)OCC)C1.I. The van der Waals surface area contributed by atoms with Gasteiger partial charge in [0.25, 0.3) is 0 Å². The molecule has 2 fully saturated rings. The van der Waals surface area contributed by atoms with E-state index in [-0.39, 0.29) is 35.9 Å². The zero-order valence-corrected chi connectivity index (χ0v) is 18.7. The number of nitrogens with zero attached hydrogens (tertiary/aromatic N) is 2. The smallest absolute Gasteiger partial charge is 0.310 e. The molecular formula is C19H36IN3O3. The van der Waals surface area contributed by atoms with E-state index in [0.717, 1.165) is 51.5 Å². The van der Waals surface area contributed by atoms with Gasteiger partial charge in [-0.3, -0.25) is 9.79 Å². The molecule has 26 heavy (non-hydrogen) atoms. The number of likely N-dealkylation sites (tertiary alicyclic amines) is 1. The Kier molecular flexibility index (Phi) is 12.3. The average Bonchev–Trinajstić information content (AvgIpc) is 3.14. The second kappa shape index (κ2) is 13.6. The standard InChI is InChI=1S/C19H35N3O3.HI/c1-3-20-19(21-12-8-14-25-17-10-5-6-11-17)22-13-7-9-16(15-22)18(23)24-4-2;/h16-17H,3-15H2,1-2H3,(H,20,21);1H. The van der Waals surface area contributed by atoms with Crippen LogP contribution in [0.4, 0.5) is 0 Å². The van der Waals surface area contributed by atoms with E-state index >= 15 is 0 Å². The molecule has 1 atom stereocenters. The molecule has 1 aliphatic carbocycles. The highest BCUT2D eigenvalue weighted by molar-refractivity contribution is 14.0. The number of nitrogens with one attached hydrogen (secondary N) is 1. The maximum atomic E-state index is 12.0. The summed E-state index contributed by atoms with van der Waals surface area (Å²) in [5.41, 5.74) is 0. The Labute approximate surface area is 175 Å². The highest BCUT2D eigenvalue weighted by Gasteiger charge is 2.28. The van der Waals surface area contributed by atoms with Gasteiger partial charge in [0.1, 0.15) is 0 Å². The maximum Gasteiger partial charge on any atom is 0.310 e. The molecule has 0 aromatic rings. The molecule has 0 aromatic heterocycles. The van der Waals surface area contributed by atoms with Gasteiger partial charge in [0.15, 0.2) is 5.96 Å². The van der Waals surface area contributed by atoms with Crippen molar-refractivity contribution in [1.82, 2.24) is 10.2 Å². The van der Waals surface area contributed by atoms with E-state index in [1.807, 2.05) is 6.92 Å². The minimum atomic E-state index is -0.0759. The number of hydrogen-bond donors (Lipinski definition) is 1. The van der Waals surface area contributed by atoms with Crippen molar-refractivity contribution in [2.24, 2.45) is 10.9 Å². The normalized spacial score (nSPS) is 21.4. The van der Waals surface area contributed by atoms with Gasteiger partial charge >= 0.3 is 5.97 Å². The van der Waals surface area contributed by atoms with E-state index in [0.29, 0.717) is 19.3 Å². The first-order valence-electron chi connectivity index (χ1n) is 10.1. The number of carbonyl (C=O) groups excluding carboxylic acids is 1. The summed E-state index contributed by atoms with van der Waals surface area (Å²) in [6.07, 6.45) is 8.38. The summed E-state index contributed by atoms with van der Waals surface area (Å²) in [5.74, 6) is 0.800. The molecule has 0 bridgehead atoms. The van der Waals surface area contributed by atoms with Gasteiger partial charge in [-0.1, -0.05) is 12.8 Å². The second-order valence-corrected chi connectivity index (χ2v) is 6.90. The van der Waals surface area contributed by atoms with Crippen LogP contribution < -0.4 is 5.32 Å². The average molecular weight is 481 g/mol. The lowest BCUT2D eigenvalue weighted by atomic mass is 9.98. The molecule has 1 N–H and O–H groups in total. The van der Waals surface area contributed by atoms with Crippen LogP contribution in [-0.2, 0) is 14.3 Å². The predicted molar refractivity (Wildman–Crippen MR) is 115 cm³/mol. The molecule has 2 rings (SSSR count). The van der Waals surface area contributed by atoms with E-state index in [1.54, 1.807) is 0 Å². The van der Waals surface area contributed by atoms with Crippen LogP contribution in [0.1, 0.15) is 58.8 Å². The Morgan fingerprint density at radius 2 is 1.96 bits per heavy atom. The minimum Gasteiger partial charge on any atom is -0.466 e. The highest BCUT2D eigenvalue weighted by atomic mass is 127. The van der Waals surface area contributed by atoms with Crippen LogP contribution in [0.2, 0.25) is 0 Å². The number of ether oxygens (including phenoxy) is 2. The van der Waals surface area contributed by atoms with Crippen molar-refractivity contribution in [3.8, 4) is 0 Å². The molecule has 0 amide bonds. The first-order chi connectivity index (χ1) is 12.2.